The van der Waals surface area contributed by atoms with Crippen molar-refractivity contribution in [3.63, 3.8) is 0 Å². The van der Waals surface area contributed by atoms with E-state index in [0.717, 1.165) is 5.56 Å². The van der Waals surface area contributed by atoms with Crippen LogP contribution in [0.3, 0.4) is 0 Å². The van der Waals surface area contributed by atoms with Gasteiger partial charge >= 0.3 is 56.6 Å². The molecule has 22 heavy (non-hydrogen) atoms. The van der Waals surface area contributed by atoms with E-state index in [9.17, 15) is 19.5 Å². The van der Waals surface area contributed by atoms with Gasteiger partial charge in [0.05, 0.1) is 6.29 Å². The summed E-state index contributed by atoms with van der Waals surface area (Å²) < 4.78 is 0. The SMILES string of the molecule is O=[C-]c1ccc2c(c1)C([C-]=O)CC(C(=O)[O-])C2.[Li+].[Li+].[Li+].[OH-].[OH-]. The van der Waals surface area contributed by atoms with E-state index in [4.69, 9.17) is 0 Å². The standard InChI is InChI=1S/C13H10O4.3Li.2H2O/c14-6-8-1-2-9-4-10(13(16)17)5-11(7-15)12(9)3-8;;;;;/h1-3,10-11H,4-5H2,(H,16,17);;;;2*1H2/q-2;3*+1;;/p-3. The zero-order chi connectivity index (χ0) is 12.4. The first-order valence-electron chi connectivity index (χ1n) is 5.25. The van der Waals surface area contributed by atoms with Gasteiger partial charge in [0.1, 0.15) is 0 Å². The van der Waals surface area contributed by atoms with E-state index in [0.29, 0.717) is 17.5 Å². The average Bonchev–Trinajstić information content (AvgIpc) is 2.36. The summed E-state index contributed by atoms with van der Waals surface area (Å²) in [7, 11) is 0. The summed E-state index contributed by atoms with van der Waals surface area (Å²) in [6.45, 7) is 0. The maximum atomic E-state index is 10.9. The van der Waals surface area contributed by atoms with Crippen molar-refractivity contribution in [2.24, 2.45) is 5.92 Å². The summed E-state index contributed by atoms with van der Waals surface area (Å²) in [5.41, 5.74) is 1.80. The van der Waals surface area contributed by atoms with Crippen molar-refractivity contribution < 1.29 is 87.0 Å². The Balaban J connectivity index is -0.000000324. The molecule has 1 aliphatic rings. The second-order valence-electron chi connectivity index (χ2n) is 4.14. The van der Waals surface area contributed by atoms with Crippen LogP contribution in [0.15, 0.2) is 18.2 Å². The zero-order valence-electron chi connectivity index (χ0n) is 12.8. The number of carboxylic acids is 1. The van der Waals surface area contributed by atoms with Crippen LogP contribution < -0.4 is 61.7 Å². The number of hydrogen-bond donors (Lipinski definition) is 0. The minimum absolute atomic E-state index is 0. The predicted molar refractivity (Wildman–Crippen MR) is 60.4 cm³/mol. The third-order valence-corrected chi connectivity index (χ3v) is 3.10. The van der Waals surface area contributed by atoms with Gasteiger partial charge in [-0.05, 0) is 6.42 Å². The Labute approximate surface area is 164 Å². The molecule has 1 aromatic rings. The first kappa shape index (κ1) is 29.7. The van der Waals surface area contributed by atoms with Crippen LogP contribution in [0.4, 0.5) is 0 Å². The van der Waals surface area contributed by atoms with Crippen LogP contribution >= 0.6 is 0 Å². The van der Waals surface area contributed by atoms with Gasteiger partial charge in [0.2, 0.25) is 0 Å². The molecule has 0 saturated heterocycles. The normalized spacial score (nSPS) is 17.5. The fraction of sp³-hybridized carbons (Fsp3) is 0.308. The molecule has 2 rings (SSSR count). The maximum Gasteiger partial charge on any atom is 1.00 e. The smallest absolute Gasteiger partial charge is 0.870 e. The summed E-state index contributed by atoms with van der Waals surface area (Å²) >= 11 is 0. The number of benzene rings is 1. The molecule has 9 heteroatoms. The van der Waals surface area contributed by atoms with Crippen molar-refractivity contribution in [1.29, 1.82) is 0 Å². The van der Waals surface area contributed by atoms with Crippen molar-refractivity contribution in [2.45, 2.75) is 18.8 Å². The zero-order valence-corrected chi connectivity index (χ0v) is 12.8. The Kier molecular flexibility index (Phi) is 17.8. The topological polar surface area (TPSA) is 134 Å². The second-order valence-corrected chi connectivity index (χ2v) is 4.14. The number of carbonyl (C=O) groups excluding carboxylic acids is 3. The maximum absolute atomic E-state index is 10.9. The van der Waals surface area contributed by atoms with Gasteiger partial charge in [-0.15, -0.1) is 17.5 Å². The van der Waals surface area contributed by atoms with Gasteiger partial charge in [-0.25, -0.2) is 0 Å². The van der Waals surface area contributed by atoms with Gasteiger partial charge in [-0.2, -0.15) is 17.7 Å². The molecule has 0 fully saturated rings. The molecule has 0 amide bonds. The Bertz CT molecular complexity index is 495. The number of fused-ring (bicyclic) bond motifs is 1. The van der Waals surface area contributed by atoms with Crippen LogP contribution in [0.2, 0.25) is 0 Å². The fourth-order valence-corrected chi connectivity index (χ4v) is 2.22. The van der Waals surface area contributed by atoms with Crippen LogP contribution in [0.25, 0.3) is 0 Å². The van der Waals surface area contributed by atoms with Crippen molar-refractivity contribution >= 4 is 18.5 Å². The first-order chi connectivity index (χ1) is 8.15. The third-order valence-electron chi connectivity index (χ3n) is 3.10. The fourth-order valence-electron chi connectivity index (χ4n) is 2.22. The molecular formula is C13H11Li3O6-2. The summed E-state index contributed by atoms with van der Waals surface area (Å²) in [6.07, 6.45) is 4.08. The van der Waals surface area contributed by atoms with E-state index >= 15 is 0 Å². The van der Waals surface area contributed by atoms with Crippen LogP contribution in [0.1, 0.15) is 29.0 Å². The number of rotatable bonds is 3. The number of aliphatic carboxylic acids is 1. The summed E-state index contributed by atoms with van der Waals surface area (Å²) in [6, 6.07) is 4.80. The van der Waals surface area contributed by atoms with E-state index in [-0.39, 0.29) is 74.0 Å². The second kappa shape index (κ2) is 13.2. The van der Waals surface area contributed by atoms with Gasteiger partial charge in [0, 0.05) is 11.9 Å². The van der Waals surface area contributed by atoms with E-state index in [2.05, 4.69) is 0 Å². The monoisotopic (exact) mass is 284 g/mol. The molecule has 2 N–H and O–H groups in total. The quantitative estimate of drug-likeness (QED) is 0.399. The van der Waals surface area contributed by atoms with Crippen LogP contribution in [-0.2, 0) is 20.8 Å². The van der Waals surface area contributed by atoms with Crippen LogP contribution in [0.5, 0.6) is 0 Å². The molecular weight excluding hydrogens is 273 g/mol. The molecule has 0 saturated carbocycles. The minimum Gasteiger partial charge on any atom is -0.870 e. The molecule has 0 spiro atoms. The number of carboxylic acid groups (broad SMARTS) is 1. The van der Waals surface area contributed by atoms with Crippen LogP contribution in [0, 0.1) is 5.92 Å². The van der Waals surface area contributed by atoms with Crippen molar-refractivity contribution in [3.05, 3.63) is 34.9 Å². The van der Waals surface area contributed by atoms with E-state index in [1.165, 1.54) is 0 Å². The Hall–Kier alpha value is -0.258. The molecule has 0 radical (unpaired) electrons. The summed E-state index contributed by atoms with van der Waals surface area (Å²) in [5.74, 6) is -2.42. The van der Waals surface area contributed by atoms with Gasteiger partial charge in [-0.1, -0.05) is 12.0 Å². The van der Waals surface area contributed by atoms with E-state index in [1.807, 2.05) is 6.29 Å². The van der Waals surface area contributed by atoms with Crippen molar-refractivity contribution in [2.75, 3.05) is 0 Å². The van der Waals surface area contributed by atoms with E-state index < -0.39 is 17.8 Å². The Morgan fingerprint density at radius 3 is 2.18 bits per heavy atom. The molecule has 104 valence electrons. The van der Waals surface area contributed by atoms with Gasteiger partial charge in [0.25, 0.3) is 0 Å². The molecule has 0 heterocycles. The molecule has 1 aliphatic carbocycles. The predicted octanol–water partition coefficient (Wildman–Crippen LogP) is -9.69. The largest absolute Gasteiger partial charge is 1.00 e. The van der Waals surface area contributed by atoms with Crippen molar-refractivity contribution in [3.8, 4) is 0 Å². The molecule has 0 aliphatic heterocycles. The van der Waals surface area contributed by atoms with Gasteiger partial charge in [-0.3, -0.25) is 6.29 Å². The van der Waals surface area contributed by atoms with E-state index in [1.54, 1.807) is 24.5 Å². The summed E-state index contributed by atoms with van der Waals surface area (Å²) in [5, 5.41) is 10.8. The summed E-state index contributed by atoms with van der Waals surface area (Å²) in [4.78, 5) is 32.2. The van der Waals surface area contributed by atoms with Gasteiger partial charge in [0.15, 0.2) is 0 Å². The Morgan fingerprint density at radius 2 is 1.73 bits per heavy atom. The molecule has 1 aromatic carbocycles. The first-order valence-corrected chi connectivity index (χ1v) is 5.25. The molecule has 0 bridgehead atoms. The average molecular weight is 284 g/mol. The Morgan fingerprint density at radius 1 is 1.14 bits per heavy atom. The third kappa shape index (κ3) is 6.47. The number of hydrogen-bond acceptors (Lipinski definition) is 6. The minimum atomic E-state index is -1.15. The number of carbonyl (C=O) groups is 1. The van der Waals surface area contributed by atoms with Crippen molar-refractivity contribution in [1.82, 2.24) is 0 Å². The van der Waals surface area contributed by atoms with Gasteiger partial charge < -0.3 is 30.4 Å². The molecule has 2 unspecified atom stereocenters. The molecule has 0 aromatic heterocycles. The van der Waals surface area contributed by atoms with Crippen LogP contribution in [-0.4, -0.2) is 29.5 Å². The molecule has 2 atom stereocenters. The molecule has 6 nitrogen and oxygen atoms in total.